The molecule has 0 saturated carbocycles. The van der Waals surface area contributed by atoms with Gasteiger partial charge in [-0.3, -0.25) is 4.48 Å². The number of hydrogen-bond donors (Lipinski definition) is 0. The van der Waals surface area contributed by atoms with Crippen LogP contribution in [0.5, 0.6) is 5.75 Å². The van der Waals surface area contributed by atoms with Crippen LogP contribution in [0.4, 0.5) is 10.5 Å². The van der Waals surface area contributed by atoms with Crippen molar-refractivity contribution >= 4 is 11.8 Å². The third kappa shape index (κ3) is 6.52. The number of halogens is 1. The van der Waals surface area contributed by atoms with Crippen molar-refractivity contribution in [2.75, 3.05) is 35.2 Å². The highest BCUT2D eigenvalue weighted by Crippen LogP contribution is 2.32. The number of benzene rings is 1. The Morgan fingerprint density at radius 2 is 1.82 bits per heavy atom. The first kappa shape index (κ1) is 21.2. The van der Waals surface area contributed by atoms with Gasteiger partial charge in [0, 0.05) is 20.2 Å². The Morgan fingerprint density at radius 1 is 1.18 bits per heavy atom. The highest BCUT2D eigenvalue weighted by molar-refractivity contribution is 5.73. The maximum atomic E-state index is 11.8. The summed E-state index contributed by atoms with van der Waals surface area (Å²) in [6.07, 6.45) is 4.40. The molecule has 0 unspecified atom stereocenters. The molecule has 126 valence electrons. The van der Waals surface area contributed by atoms with E-state index >= 15 is 0 Å². The first-order valence-corrected chi connectivity index (χ1v) is 7.59. The van der Waals surface area contributed by atoms with Gasteiger partial charge in [-0.05, 0) is 24.5 Å². The molecular formula is C17H29IN2O2. The van der Waals surface area contributed by atoms with Gasteiger partial charge >= 0.3 is 6.09 Å². The molecular weight excluding hydrogens is 391 g/mol. The molecule has 1 aromatic rings. The van der Waals surface area contributed by atoms with Crippen LogP contribution < -0.4 is 33.2 Å². The van der Waals surface area contributed by atoms with Crippen LogP contribution >= 0.6 is 0 Å². The number of carbonyl (C=O) groups is 1. The van der Waals surface area contributed by atoms with Crippen molar-refractivity contribution in [1.29, 1.82) is 0 Å². The SMILES string of the molecule is CCCCCc1ccc(OC(=O)N(C)C)c([N+](C)(C)C)c1.[I-]. The van der Waals surface area contributed by atoms with E-state index < -0.39 is 0 Å². The van der Waals surface area contributed by atoms with E-state index in [9.17, 15) is 4.79 Å². The Labute approximate surface area is 152 Å². The second-order valence-electron chi connectivity index (χ2n) is 6.53. The molecule has 1 rings (SSSR count). The standard InChI is InChI=1S/C17H29N2O2.HI/c1-7-8-9-10-14-11-12-16(21-17(20)18(2)3)15(13-14)19(4,5)6;/h11-13H,7-10H2,1-6H3;1H/q+1;/p-1. The van der Waals surface area contributed by atoms with Gasteiger partial charge in [-0.1, -0.05) is 25.8 Å². The second kappa shape index (κ2) is 9.35. The molecule has 1 aromatic carbocycles. The Morgan fingerprint density at radius 3 is 2.32 bits per heavy atom. The molecule has 0 N–H and O–H groups in total. The number of amides is 1. The van der Waals surface area contributed by atoms with Crippen LogP contribution in [0.2, 0.25) is 0 Å². The molecule has 0 bridgehead atoms. The minimum Gasteiger partial charge on any atom is -1.00 e. The summed E-state index contributed by atoms with van der Waals surface area (Å²) in [6.45, 7) is 2.21. The molecule has 22 heavy (non-hydrogen) atoms. The lowest BCUT2D eigenvalue weighted by Gasteiger charge is -2.26. The first-order valence-electron chi connectivity index (χ1n) is 7.59. The first-order chi connectivity index (χ1) is 9.75. The van der Waals surface area contributed by atoms with Crippen LogP contribution in [0, 0.1) is 0 Å². The number of carbonyl (C=O) groups excluding carboxylic acids is 1. The maximum Gasteiger partial charge on any atom is 0.414 e. The number of hydrogen-bond acceptors (Lipinski definition) is 2. The predicted molar refractivity (Wildman–Crippen MR) is 88.9 cm³/mol. The fourth-order valence-electron chi connectivity index (χ4n) is 2.09. The zero-order valence-corrected chi connectivity index (χ0v) is 16.8. The smallest absolute Gasteiger partial charge is 0.414 e. The quantitative estimate of drug-likeness (QED) is 0.385. The average molecular weight is 420 g/mol. The summed E-state index contributed by atoms with van der Waals surface area (Å²) in [5.74, 6) is 0.639. The minimum absolute atomic E-state index is 0. The molecule has 0 aliphatic carbocycles. The van der Waals surface area contributed by atoms with Crippen molar-refractivity contribution < 1.29 is 33.5 Å². The van der Waals surface area contributed by atoms with Crippen LogP contribution in [-0.2, 0) is 6.42 Å². The Balaban J connectivity index is 0.00000441. The zero-order chi connectivity index (χ0) is 16.0. The van der Waals surface area contributed by atoms with Gasteiger partial charge in [-0.2, -0.15) is 0 Å². The van der Waals surface area contributed by atoms with Crippen molar-refractivity contribution in [1.82, 2.24) is 9.38 Å². The van der Waals surface area contributed by atoms with E-state index in [1.165, 1.54) is 29.7 Å². The summed E-state index contributed by atoms with van der Waals surface area (Å²) < 4.78 is 6.11. The van der Waals surface area contributed by atoms with Crippen molar-refractivity contribution in [3.05, 3.63) is 23.8 Å². The van der Waals surface area contributed by atoms with Gasteiger partial charge in [-0.25, -0.2) is 4.79 Å². The second-order valence-corrected chi connectivity index (χ2v) is 6.53. The van der Waals surface area contributed by atoms with E-state index in [1.54, 1.807) is 14.1 Å². The monoisotopic (exact) mass is 420 g/mol. The molecule has 0 radical (unpaired) electrons. The topological polar surface area (TPSA) is 29.5 Å². The van der Waals surface area contributed by atoms with E-state index in [4.69, 9.17) is 4.74 Å². The molecule has 0 aliphatic heterocycles. The number of ether oxygens (including phenoxy) is 1. The molecule has 5 heteroatoms. The van der Waals surface area contributed by atoms with Crippen molar-refractivity contribution in [2.24, 2.45) is 0 Å². The number of rotatable bonds is 6. The lowest BCUT2D eigenvalue weighted by molar-refractivity contribution is -0.00000993. The third-order valence-corrected chi connectivity index (χ3v) is 3.38. The number of aryl methyl sites for hydroxylation is 1. The van der Waals surface area contributed by atoms with E-state index in [0.29, 0.717) is 10.2 Å². The highest BCUT2D eigenvalue weighted by atomic mass is 127. The lowest BCUT2D eigenvalue weighted by atomic mass is 10.1. The molecule has 4 nitrogen and oxygen atoms in total. The number of quaternary nitrogens is 1. The van der Waals surface area contributed by atoms with Crippen molar-refractivity contribution in [3.8, 4) is 5.75 Å². The van der Waals surface area contributed by atoms with E-state index in [-0.39, 0.29) is 30.1 Å². The van der Waals surface area contributed by atoms with Crippen LogP contribution in [0.1, 0.15) is 31.7 Å². The minimum atomic E-state index is -0.344. The molecule has 0 atom stereocenters. The summed E-state index contributed by atoms with van der Waals surface area (Å²) in [7, 11) is 9.62. The molecule has 1 amide bonds. The summed E-state index contributed by atoms with van der Waals surface area (Å²) >= 11 is 0. The van der Waals surface area contributed by atoms with Gasteiger partial charge in [0.25, 0.3) is 0 Å². The normalized spacial score (nSPS) is 10.8. The van der Waals surface area contributed by atoms with Crippen molar-refractivity contribution in [2.45, 2.75) is 32.6 Å². The number of unbranched alkanes of at least 4 members (excludes halogenated alkanes) is 2. The van der Waals surface area contributed by atoms with Crippen LogP contribution in [0.15, 0.2) is 18.2 Å². The number of nitrogens with zero attached hydrogens (tertiary/aromatic N) is 2. The van der Waals surface area contributed by atoms with E-state index in [0.717, 1.165) is 12.1 Å². The van der Waals surface area contributed by atoms with Crippen LogP contribution in [-0.4, -0.2) is 46.2 Å². The lowest BCUT2D eigenvalue weighted by Crippen LogP contribution is -3.00. The molecule has 0 fully saturated rings. The molecule has 0 spiro atoms. The van der Waals surface area contributed by atoms with Gasteiger partial charge < -0.3 is 33.6 Å². The van der Waals surface area contributed by atoms with Crippen LogP contribution in [0.25, 0.3) is 0 Å². The molecule has 0 aromatic heterocycles. The van der Waals surface area contributed by atoms with E-state index in [1.807, 2.05) is 6.07 Å². The molecule has 0 aliphatic rings. The zero-order valence-electron chi connectivity index (χ0n) is 14.6. The van der Waals surface area contributed by atoms with Crippen LogP contribution in [0.3, 0.4) is 0 Å². The Bertz CT molecular complexity index is 482. The third-order valence-electron chi connectivity index (χ3n) is 3.38. The summed E-state index contributed by atoms with van der Waals surface area (Å²) in [5, 5.41) is 0. The molecule has 0 saturated heterocycles. The maximum absolute atomic E-state index is 11.8. The van der Waals surface area contributed by atoms with Gasteiger partial charge in [0.2, 0.25) is 0 Å². The fourth-order valence-corrected chi connectivity index (χ4v) is 2.09. The largest absolute Gasteiger partial charge is 1.00 e. The molecule has 0 heterocycles. The van der Waals surface area contributed by atoms with Gasteiger partial charge in [0.05, 0.1) is 21.1 Å². The summed E-state index contributed by atoms with van der Waals surface area (Å²) in [6, 6.07) is 6.14. The van der Waals surface area contributed by atoms with Gasteiger partial charge in [-0.15, -0.1) is 0 Å². The summed E-state index contributed by atoms with van der Waals surface area (Å²) in [5.41, 5.74) is 2.33. The highest BCUT2D eigenvalue weighted by Gasteiger charge is 2.22. The Hall–Kier alpha value is -0.820. The van der Waals surface area contributed by atoms with Crippen molar-refractivity contribution in [3.63, 3.8) is 0 Å². The van der Waals surface area contributed by atoms with E-state index in [2.05, 4.69) is 40.2 Å². The average Bonchev–Trinajstić information content (AvgIpc) is 2.39. The Kier molecular flexibility index (Phi) is 9.00. The fraction of sp³-hybridized carbons (Fsp3) is 0.588. The van der Waals surface area contributed by atoms with Gasteiger partial charge in [0.15, 0.2) is 11.4 Å². The van der Waals surface area contributed by atoms with Gasteiger partial charge in [0.1, 0.15) is 0 Å². The predicted octanol–water partition coefficient (Wildman–Crippen LogP) is 0.680. The summed E-state index contributed by atoms with van der Waals surface area (Å²) in [4.78, 5) is 13.2.